The number of aliphatic hydroxyl groups is 1. The lowest BCUT2D eigenvalue weighted by Gasteiger charge is -2.34. The maximum atomic E-state index is 12.3. The molecule has 0 radical (unpaired) electrons. The number of piperazine rings is 1. The fourth-order valence-corrected chi connectivity index (χ4v) is 3.72. The number of aliphatic hydroxyl groups excluding tert-OH is 1. The lowest BCUT2D eigenvalue weighted by Crippen LogP contribution is -2.50. The molecule has 1 atom stereocenters. The molecule has 1 aliphatic rings. The molecule has 22 heavy (non-hydrogen) atoms. The van der Waals surface area contributed by atoms with Crippen LogP contribution in [0.2, 0.25) is 0 Å². The van der Waals surface area contributed by atoms with E-state index in [0.717, 1.165) is 32.7 Å². The summed E-state index contributed by atoms with van der Waals surface area (Å²) in [7, 11) is 0. The summed E-state index contributed by atoms with van der Waals surface area (Å²) in [6, 6.07) is 4.22. The van der Waals surface area contributed by atoms with Crippen molar-refractivity contribution < 1.29 is 9.90 Å². The van der Waals surface area contributed by atoms with Crippen molar-refractivity contribution in [2.45, 2.75) is 19.9 Å². The third-order valence-electron chi connectivity index (χ3n) is 4.08. The third kappa shape index (κ3) is 5.05. The Labute approximate surface area is 136 Å². The van der Waals surface area contributed by atoms with E-state index in [1.165, 1.54) is 4.88 Å². The number of thiophene rings is 1. The number of hydrogen-bond donors (Lipinski definition) is 2. The molecule has 1 aromatic rings. The second kappa shape index (κ2) is 8.62. The smallest absolute Gasteiger partial charge is 0.234 e. The number of amides is 1. The van der Waals surface area contributed by atoms with Crippen LogP contribution in [0.5, 0.6) is 0 Å². The van der Waals surface area contributed by atoms with E-state index >= 15 is 0 Å². The van der Waals surface area contributed by atoms with Crippen LogP contribution in [0, 0.1) is 5.92 Å². The molecule has 1 aliphatic heterocycles. The van der Waals surface area contributed by atoms with Crippen LogP contribution in [0.15, 0.2) is 17.5 Å². The molecule has 0 saturated carbocycles. The Kier molecular flexibility index (Phi) is 6.82. The van der Waals surface area contributed by atoms with Crippen LogP contribution in [0.1, 0.15) is 24.8 Å². The molecule has 2 N–H and O–H groups in total. The first-order chi connectivity index (χ1) is 10.6. The Bertz CT molecular complexity index is 442. The van der Waals surface area contributed by atoms with Gasteiger partial charge in [-0.05, 0) is 17.4 Å². The zero-order valence-electron chi connectivity index (χ0n) is 13.5. The van der Waals surface area contributed by atoms with Crippen LogP contribution in [0.25, 0.3) is 0 Å². The van der Waals surface area contributed by atoms with E-state index < -0.39 is 0 Å². The summed E-state index contributed by atoms with van der Waals surface area (Å²) in [5.41, 5.74) is 0. The standard InChI is InChI=1S/C16H27N3O2S/c1-13(2)16(14-4-3-11-22-14)17-15(21)12-19-7-5-18(6-8-19)9-10-20/h3-4,11,13,16,20H,5-10,12H2,1-2H3,(H,17,21). The summed E-state index contributed by atoms with van der Waals surface area (Å²) in [5, 5.41) is 14.2. The molecule has 1 amide bonds. The van der Waals surface area contributed by atoms with Crippen molar-refractivity contribution in [3.63, 3.8) is 0 Å². The highest BCUT2D eigenvalue weighted by Gasteiger charge is 2.22. The molecule has 2 rings (SSSR count). The molecule has 1 unspecified atom stereocenters. The highest BCUT2D eigenvalue weighted by molar-refractivity contribution is 7.10. The van der Waals surface area contributed by atoms with E-state index in [4.69, 9.17) is 5.11 Å². The minimum Gasteiger partial charge on any atom is -0.395 e. The number of β-amino-alcohol motifs (C(OH)–C–C–N with tert-alkyl or cyclic N) is 1. The quantitative estimate of drug-likeness (QED) is 0.790. The van der Waals surface area contributed by atoms with E-state index in [0.29, 0.717) is 12.5 Å². The van der Waals surface area contributed by atoms with E-state index in [1.54, 1.807) is 11.3 Å². The molecular weight excluding hydrogens is 298 g/mol. The van der Waals surface area contributed by atoms with Gasteiger partial charge in [-0.2, -0.15) is 0 Å². The lowest BCUT2D eigenvalue weighted by molar-refractivity contribution is -0.123. The van der Waals surface area contributed by atoms with E-state index in [2.05, 4.69) is 40.4 Å². The average Bonchev–Trinajstić information content (AvgIpc) is 3.01. The van der Waals surface area contributed by atoms with Gasteiger partial charge in [0.1, 0.15) is 0 Å². The van der Waals surface area contributed by atoms with E-state index in [-0.39, 0.29) is 18.6 Å². The molecule has 0 bridgehead atoms. The first kappa shape index (κ1) is 17.4. The fraction of sp³-hybridized carbons (Fsp3) is 0.688. The summed E-state index contributed by atoms with van der Waals surface area (Å²) in [5.74, 6) is 0.478. The second-order valence-corrected chi connectivity index (χ2v) is 7.13. The van der Waals surface area contributed by atoms with Crippen molar-refractivity contribution in [1.82, 2.24) is 15.1 Å². The van der Waals surface area contributed by atoms with Crippen LogP contribution in [-0.2, 0) is 4.79 Å². The minimum atomic E-state index is 0.0997. The van der Waals surface area contributed by atoms with Gasteiger partial charge < -0.3 is 10.4 Å². The predicted molar refractivity (Wildman–Crippen MR) is 90.0 cm³/mol. The van der Waals surface area contributed by atoms with Gasteiger partial charge in [0.05, 0.1) is 19.2 Å². The van der Waals surface area contributed by atoms with Crippen molar-refractivity contribution in [2.75, 3.05) is 45.9 Å². The first-order valence-electron chi connectivity index (χ1n) is 7.98. The number of carbonyl (C=O) groups excluding carboxylic acids is 1. The molecule has 1 aromatic heterocycles. The topological polar surface area (TPSA) is 55.8 Å². The highest BCUT2D eigenvalue weighted by Crippen LogP contribution is 2.25. The zero-order valence-corrected chi connectivity index (χ0v) is 14.3. The van der Waals surface area contributed by atoms with Crippen molar-refractivity contribution >= 4 is 17.2 Å². The molecule has 0 aliphatic carbocycles. The van der Waals surface area contributed by atoms with Gasteiger partial charge in [-0.15, -0.1) is 11.3 Å². The molecule has 1 saturated heterocycles. The number of rotatable bonds is 7. The molecule has 2 heterocycles. The Balaban J connectivity index is 1.80. The summed E-state index contributed by atoms with van der Waals surface area (Å²) in [6.45, 7) is 9.29. The Morgan fingerprint density at radius 3 is 2.55 bits per heavy atom. The molecule has 124 valence electrons. The Morgan fingerprint density at radius 1 is 1.32 bits per heavy atom. The van der Waals surface area contributed by atoms with Crippen LogP contribution in [0.3, 0.4) is 0 Å². The predicted octanol–water partition coefficient (Wildman–Crippen LogP) is 1.17. The molecule has 0 spiro atoms. The molecule has 5 nitrogen and oxygen atoms in total. The van der Waals surface area contributed by atoms with E-state index in [9.17, 15) is 4.79 Å². The van der Waals surface area contributed by atoms with Gasteiger partial charge in [-0.3, -0.25) is 14.6 Å². The molecule has 6 heteroatoms. The van der Waals surface area contributed by atoms with Gasteiger partial charge >= 0.3 is 0 Å². The van der Waals surface area contributed by atoms with Gasteiger partial charge in [-0.1, -0.05) is 19.9 Å². The van der Waals surface area contributed by atoms with Crippen molar-refractivity contribution in [3.05, 3.63) is 22.4 Å². The molecule has 1 fully saturated rings. The number of hydrogen-bond acceptors (Lipinski definition) is 5. The number of carbonyl (C=O) groups is 1. The summed E-state index contributed by atoms with van der Waals surface area (Å²) < 4.78 is 0. The van der Waals surface area contributed by atoms with Crippen LogP contribution >= 0.6 is 11.3 Å². The van der Waals surface area contributed by atoms with E-state index in [1.807, 2.05) is 6.07 Å². The summed E-state index contributed by atoms with van der Waals surface area (Å²) in [4.78, 5) is 18.0. The normalized spacial score (nSPS) is 18.5. The van der Waals surface area contributed by atoms with Crippen molar-refractivity contribution in [1.29, 1.82) is 0 Å². The summed E-state index contributed by atoms with van der Waals surface area (Å²) in [6.07, 6.45) is 0. The van der Waals surface area contributed by atoms with Gasteiger partial charge in [0.2, 0.25) is 5.91 Å². The SMILES string of the molecule is CC(C)C(NC(=O)CN1CCN(CCO)CC1)c1cccs1. The maximum absolute atomic E-state index is 12.3. The van der Waals surface area contributed by atoms with Gasteiger partial charge in [0.15, 0.2) is 0 Å². The Morgan fingerprint density at radius 2 is 2.00 bits per heavy atom. The summed E-state index contributed by atoms with van der Waals surface area (Å²) >= 11 is 1.69. The van der Waals surface area contributed by atoms with Crippen molar-refractivity contribution in [3.8, 4) is 0 Å². The van der Waals surface area contributed by atoms with Crippen LogP contribution in [0.4, 0.5) is 0 Å². The molecule has 0 aromatic carbocycles. The number of nitrogens with one attached hydrogen (secondary N) is 1. The third-order valence-corrected chi connectivity index (χ3v) is 5.04. The molecular formula is C16H27N3O2S. The van der Waals surface area contributed by atoms with Crippen molar-refractivity contribution in [2.24, 2.45) is 5.92 Å². The average molecular weight is 325 g/mol. The second-order valence-electron chi connectivity index (χ2n) is 6.15. The number of nitrogens with zero attached hydrogens (tertiary/aromatic N) is 2. The minimum absolute atomic E-state index is 0.0997. The maximum Gasteiger partial charge on any atom is 0.234 e. The van der Waals surface area contributed by atoms with Gasteiger partial charge in [0, 0.05) is 37.6 Å². The monoisotopic (exact) mass is 325 g/mol. The van der Waals surface area contributed by atoms with Crippen LogP contribution < -0.4 is 5.32 Å². The highest BCUT2D eigenvalue weighted by atomic mass is 32.1. The Hall–Kier alpha value is -0.950. The van der Waals surface area contributed by atoms with Crippen LogP contribution in [-0.4, -0.2) is 66.7 Å². The van der Waals surface area contributed by atoms with Gasteiger partial charge in [0.25, 0.3) is 0 Å². The fourth-order valence-electron chi connectivity index (χ4n) is 2.77. The first-order valence-corrected chi connectivity index (χ1v) is 8.86. The largest absolute Gasteiger partial charge is 0.395 e. The lowest BCUT2D eigenvalue weighted by atomic mass is 10.0. The van der Waals surface area contributed by atoms with Gasteiger partial charge in [-0.25, -0.2) is 0 Å². The zero-order chi connectivity index (χ0) is 15.9.